The Bertz CT molecular complexity index is 1200. The quantitative estimate of drug-likeness (QED) is 0.354. The van der Waals surface area contributed by atoms with Gasteiger partial charge in [0.05, 0.1) is 16.3 Å². The minimum absolute atomic E-state index is 0. The fraction of sp³-hybridized carbons (Fsp3) is 0.500. The molecule has 1 saturated heterocycles. The van der Waals surface area contributed by atoms with E-state index in [1.807, 2.05) is 24.8 Å². The smallest absolute Gasteiger partial charge is 0.246 e. The van der Waals surface area contributed by atoms with E-state index in [0.29, 0.717) is 0 Å². The summed E-state index contributed by atoms with van der Waals surface area (Å²) in [6.07, 6.45) is 8.18. The van der Waals surface area contributed by atoms with Gasteiger partial charge in [0.1, 0.15) is 11.0 Å². The van der Waals surface area contributed by atoms with Gasteiger partial charge in [-0.15, -0.1) is 11.3 Å². The van der Waals surface area contributed by atoms with E-state index in [4.69, 9.17) is 4.98 Å². The highest BCUT2D eigenvalue weighted by atomic mass is 32.1. The maximum atomic E-state index is 14.1. The van der Waals surface area contributed by atoms with Crippen LogP contribution in [-0.2, 0) is 9.59 Å². The van der Waals surface area contributed by atoms with E-state index < -0.39 is 6.04 Å². The SMILES string of the molecule is CC[C@@H](C)C(=O)N[C@H](C(=O)N1CCC[C@H]1c1nc2c(-c3ccccc3)cccc2s1)C1CCCCC1.N. The summed E-state index contributed by atoms with van der Waals surface area (Å²) in [6.45, 7) is 4.70. The van der Waals surface area contributed by atoms with Crippen LogP contribution in [0.15, 0.2) is 48.5 Å². The molecule has 6 nitrogen and oxygen atoms in total. The lowest BCUT2D eigenvalue weighted by molar-refractivity contribution is -0.140. The molecule has 1 aliphatic carbocycles. The molecule has 2 heterocycles. The molecule has 1 saturated carbocycles. The number of nitrogens with zero attached hydrogens (tertiary/aromatic N) is 2. The summed E-state index contributed by atoms with van der Waals surface area (Å²) in [4.78, 5) is 34.1. The number of nitrogens with one attached hydrogen (secondary N) is 1. The Kier molecular flexibility index (Phi) is 8.98. The third-order valence-corrected chi connectivity index (χ3v) is 9.21. The number of thiazole rings is 1. The van der Waals surface area contributed by atoms with Crippen molar-refractivity contribution in [1.29, 1.82) is 0 Å². The van der Waals surface area contributed by atoms with Crippen LogP contribution in [-0.4, -0.2) is 34.3 Å². The van der Waals surface area contributed by atoms with E-state index in [-0.39, 0.29) is 35.8 Å². The fourth-order valence-corrected chi connectivity index (χ4v) is 6.90. The van der Waals surface area contributed by atoms with E-state index in [9.17, 15) is 9.59 Å². The topological polar surface area (TPSA) is 97.3 Å². The van der Waals surface area contributed by atoms with Gasteiger partial charge in [0.15, 0.2) is 0 Å². The average molecular weight is 521 g/mol. The van der Waals surface area contributed by atoms with Crippen LogP contribution in [0.4, 0.5) is 0 Å². The van der Waals surface area contributed by atoms with Crippen LogP contribution < -0.4 is 11.5 Å². The Morgan fingerprint density at radius 3 is 2.51 bits per heavy atom. The molecule has 0 bridgehead atoms. The van der Waals surface area contributed by atoms with Crippen molar-refractivity contribution in [1.82, 2.24) is 21.4 Å². The van der Waals surface area contributed by atoms with Gasteiger partial charge in [-0.05, 0) is 49.7 Å². The largest absolute Gasteiger partial charge is 0.344 e. The van der Waals surface area contributed by atoms with Gasteiger partial charge in [0, 0.05) is 18.0 Å². The molecule has 5 rings (SSSR count). The van der Waals surface area contributed by atoms with Crippen LogP contribution in [0, 0.1) is 11.8 Å². The molecule has 3 atom stereocenters. The molecule has 0 unspecified atom stereocenters. The predicted octanol–water partition coefficient (Wildman–Crippen LogP) is 6.90. The Labute approximate surface area is 224 Å². The second-order valence-electron chi connectivity index (χ2n) is 10.5. The van der Waals surface area contributed by atoms with E-state index >= 15 is 0 Å². The van der Waals surface area contributed by atoms with Gasteiger partial charge in [0.25, 0.3) is 0 Å². The van der Waals surface area contributed by atoms with Crippen LogP contribution >= 0.6 is 11.3 Å². The lowest BCUT2D eigenvalue weighted by Gasteiger charge is -2.35. The first kappa shape index (κ1) is 27.3. The zero-order valence-corrected chi connectivity index (χ0v) is 22.9. The fourth-order valence-electron chi connectivity index (χ4n) is 5.75. The second-order valence-corrected chi connectivity index (χ2v) is 11.5. The number of hydrogen-bond acceptors (Lipinski definition) is 5. The monoisotopic (exact) mass is 520 g/mol. The highest BCUT2D eigenvalue weighted by molar-refractivity contribution is 7.18. The van der Waals surface area contributed by atoms with Gasteiger partial charge in [-0.3, -0.25) is 9.59 Å². The van der Waals surface area contributed by atoms with Gasteiger partial charge >= 0.3 is 0 Å². The van der Waals surface area contributed by atoms with E-state index in [1.54, 1.807) is 11.3 Å². The highest BCUT2D eigenvalue weighted by Crippen LogP contribution is 2.40. The number of fused-ring (bicyclic) bond motifs is 1. The van der Waals surface area contributed by atoms with Gasteiger partial charge in [-0.25, -0.2) is 4.98 Å². The number of amides is 2. The summed E-state index contributed by atoms with van der Waals surface area (Å²) in [6, 6.07) is 16.3. The second kappa shape index (κ2) is 12.2. The maximum Gasteiger partial charge on any atom is 0.246 e. The summed E-state index contributed by atoms with van der Waals surface area (Å²) in [5.41, 5.74) is 3.30. The van der Waals surface area contributed by atoms with Crippen LogP contribution in [0.25, 0.3) is 21.3 Å². The number of benzene rings is 2. The summed E-state index contributed by atoms with van der Waals surface area (Å²) >= 11 is 1.70. The molecule has 2 aromatic carbocycles. The van der Waals surface area contributed by atoms with Crippen LogP contribution in [0.5, 0.6) is 0 Å². The molecular weight excluding hydrogens is 480 g/mol. The first-order chi connectivity index (χ1) is 17.6. The molecular formula is C30H40N4O2S. The zero-order valence-electron chi connectivity index (χ0n) is 22.1. The van der Waals surface area contributed by atoms with Crippen molar-refractivity contribution in [2.45, 2.75) is 77.3 Å². The van der Waals surface area contributed by atoms with Crippen LogP contribution in [0.1, 0.15) is 76.3 Å². The Morgan fingerprint density at radius 1 is 1.03 bits per heavy atom. The average Bonchev–Trinajstić information content (AvgIpc) is 3.59. The van der Waals surface area contributed by atoms with Gasteiger partial charge < -0.3 is 16.4 Å². The number of hydrogen-bond donors (Lipinski definition) is 2. The van der Waals surface area contributed by atoms with Crippen molar-refractivity contribution in [2.75, 3.05) is 6.54 Å². The molecule has 0 radical (unpaired) electrons. The first-order valence-corrected chi connectivity index (χ1v) is 14.4. The Hall–Kier alpha value is -2.77. The lowest BCUT2D eigenvalue weighted by Crippen LogP contribution is -2.53. The Balaban J connectivity index is 0.00000320. The predicted molar refractivity (Wildman–Crippen MR) is 152 cm³/mol. The summed E-state index contributed by atoms with van der Waals surface area (Å²) in [5, 5.41) is 4.21. The summed E-state index contributed by atoms with van der Waals surface area (Å²) in [7, 11) is 0. The molecule has 7 heteroatoms. The highest BCUT2D eigenvalue weighted by Gasteiger charge is 2.40. The summed E-state index contributed by atoms with van der Waals surface area (Å²) < 4.78 is 1.15. The van der Waals surface area contributed by atoms with Gasteiger partial charge in [-0.2, -0.15) is 0 Å². The standard InChI is InChI=1S/C30H37N3O2S.H3N/c1-3-20(2)28(34)31-26(22-14-8-5-9-15-22)30(35)33-19-11-17-24(33)29-32-27-23(16-10-18-25(27)36-29)21-12-6-4-7-13-21;/h4,6-7,10,12-13,16,18,20,22,24,26H,3,5,8-9,11,14-15,17,19H2,1-2H3,(H,31,34);1H3/t20-,24+,26+;/m1./s1. The van der Waals surface area contributed by atoms with Crippen molar-refractivity contribution in [3.8, 4) is 11.1 Å². The number of aromatic nitrogens is 1. The van der Waals surface area contributed by atoms with E-state index in [0.717, 1.165) is 77.8 Å². The van der Waals surface area contributed by atoms with Crippen molar-refractivity contribution in [3.63, 3.8) is 0 Å². The number of para-hydroxylation sites is 1. The number of carbonyl (C=O) groups is 2. The normalized spacial score (nSPS) is 19.8. The van der Waals surface area contributed by atoms with Crippen molar-refractivity contribution in [3.05, 3.63) is 53.5 Å². The molecule has 4 N–H and O–H groups in total. The van der Waals surface area contributed by atoms with E-state index in [2.05, 4.69) is 47.8 Å². The molecule has 3 aromatic rings. The van der Waals surface area contributed by atoms with Crippen molar-refractivity contribution < 1.29 is 9.59 Å². The third kappa shape index (κ3) is 5.73. The Morgan fingerprint density at radius 2 is 1.78 bits per heavy atom. The maximum absolute atomic E-state index is 14.1. The van der Waals surface area contributed by atoms with E-state index in [1.165, 1.54) is 6.42 Å². The number of rotatable bonds is 7. The summed E-state index contributed by atoms with van der Waals surface area (Å²) in [5.74, 6) is 0.229. The van der Waals surface area contributed by atoms with Crippen molar-refractivity contribution in [2.24, 2.45) is 11.8 Å². The molecule has 2 amide bonds. The minimum atomic E-state index is -0.429. The molecule has 2 fully saturated rings. The zero-order chi connectivity index (χ0) is 25.1. The molecule has 198 valence electrons. The van der Waals surface area contributed by atoms with Crippen molar-refractivity contribution >= 4 is 33.4 Å². The third-order valence-electron chi connectivity index (χ3n) is 8.09. The van der Waals surface area contributed by atoms with Gasteiger partial charge in [0.2, 0.25) is 11.8 Å². The van der Waals surface area contributed by atoms with Crippen LogP contribution in [0.2, 0.25) is 0 Å². The lowest BCUT2D eigenvalue weighted by atomic mass is 9.83. The number of likely N-dealkylation sites (tertiary alicyclic amines) is 1. The molecule has 1 aliphatic heterocycles. The molecule has 1 aromatic heterocycles. The molecule has 0 spiro atoms. The molecule has 2 aliphatic rings. The van der Waals surface area contributed by atoms with Gasteiger partial charge in [-0.1, -0.05) is 75.6 Å². The van der Waals surface area contributed by atoms with Crippen LogP contribution in [0.3, 0.4) is 0 Å². The number of carbonyl (C=O) groups excluding carboxylic acids is 2. The first-order valence-electron chi connectivity index (χ1n) is 13.6. The minimum Gasteiger partial charge on any atom is -0.344 e. The molecule has 37 heavy (non-hydrogen) atoms.